The molecule has 0 radical (unpaired) electrons. The maximum Gasteiger partial charge on any atom is 0.240 e. The van der Waals surface area contributed by atoms with Crippen LogP contribution in [0.5, 0.6) is 0 Å². The third-order valence-corrected chi connectivity index (χ3v) is 6.12. The number of nitrogens with one attached hydrogen (secondary N) is 1. The van der Waals surface area contributed by atoms with Crippen LogP contribution in [0.25, 0.3) is 0 Å². The lowest BCUT2D eigenvalue weighted by molar-refractivity contribution is 0.00297. The van der Waals surface area contributed by atoms with E-state index in [-0.39, 0.29) is 10.9 Å². The number of halogens is 1. The van der Waals surface area contributed by atoms with Crippen LogP contribution in [0.4, 0.5) is 4.39 Å². The van der Waals surface area contributed by atoms with Crippen molar-refractivity contribution in [1.82, 2.24) is 9.62 Å². The van der Waals surface area contributed by atoms with E-state index in [0.717, 1.165) is 32.0 Å². The first kappa shape index (κ1) is 19.3. The number of ether oxygens (including phenoxy) is 1. The second kappa shape index (κ2) is 8.89. The smallest absolute Gasteiger partial charge is 0.240 e. The zero-order chi connectivity index (χ0) is 17.6. The van der Waals surface area contributed by atoms with Crippen molar-refractivity contribution in [2.45, 2.75) is 37.6 Å². The van der Waals surface area contributed by atoms with Gasteiger partial charge in [-0.25, -0.2) is 17.5 Å². The molecule has 0 spiro atoms. The van der Waals surface area contributed by atoms with Crippen LogP contribution < -0.4 is 4.72 Å². The number of nitrogens with zero attached hydrogens (tertiary/aromatic N) is 1. The summed E-state index contributed by atoms with van der Waals surface area (Å²) in [5.74, 6) is -0.152. The third-order valence-electron chi connectivity index (χ3n) is 4.70. The summed E-state index contributed by atoms with van der Waals surface area (Å²) >= 11 is 0. The van der Waals surface area contributed by atoms with Gasteiger partial charge < -0.3 is 4.74 Å². The fourth-order valence-corrected chi connectivity index (χ4v) is 4.33. The Balaban J connectivity index is 2.11. The molecule has 1 aromatic carbocycles. The van der Waals surface area contributed by atoms with E-state index < -0.39 is 15.8 Å². The van der Waals surface area contributed by atoms with Gasteiger partial charge in [0.1, 0.15) is 5.82 Å². The molecule has 24 heavy (non-hydrogen) atoms. The van der Waals surface area contributed by atoms with Crippen molar-refractivity contribution in [1.29, 1.82) is 0 Å². The summed E-state index contributed by atoms with van der Waals surface area (Å²) in [4.78, 5) is 2.27. The van der Waals surface area contributed by atoms with E-state index in [1.165, 1.54) is 18.2 Å². The predicted molar refractivity (Wildman–Crippen MR) is 91.8 cm³/mol. The molecular formula is C17H27FN2O3S. The Hall–Kier alpha value is -1.02. The monoisotopic (exact) mass is 358 g/mol. The van der Waals surface area contributed by atoms with Gasteiger partial charge in [0.2, 0.25) is 10.0 Å². The minimum Gasteiger partial charge on any atom is -0.379 e. The molecule has 0 bridgehead atoms. The zero-order valence-corrected chi connectivity index (χ0v) is 15.2. The van der Waals surface area contributed by atoms with Gasteiger partial charge in [0.05, 0.1) is 18.1 Å². The van der Waals surface area contributed by atoms with E-state index in [1.807, 2.05) is 0 Å². The highest BCUT2D eigenvalue weighted by atomic mass is 32.2. The van der Waals surface area contributed by atoms with Crippen LogP contribution in [0.15, 0.2) is 29.2 Å². The van der Waals surface area contributed by atoms with E-state index in [4.69, 9.17) is 4.74 Å². The Morgan fingerprint density at radius 2 is 1.92 bits per heavy atom. The standard InChI is InChI=1S/C17H27FN2O3S/c1-3-14(4-2)17(20-8-10-23-11-9-20)13-19-24(21,22)16-7-5-6-15(18)12-16/h5-7,12,14,17,19H,3-4,8-11,13H2,1-2H3. The van der Waals surface area contributed by atoms with E-state index in [0.29, 0.717) is 25.7 Å². The van der Waals surface area contributed by atoms with Gasteiger partial charge in [0.15, 0.2) is 0 Å². The van der Waals surface area contributed by atoms with Gasteiger partial charge in [-0.2, -0.15) is 0 Å². The first-order chi connectivity index (χ1) is 11.5. The van der Waals surface area contributed by atoms with Gasteiger partial charge in [-0.15, -0.1) is 0 Å². The molecular weight excluding hydrogens is 331 g/mol. The number of morpholine rings is 1. The molecule has 1 fully saturated rings. The third kappa shape index (κ3) is 4.99. The van der Waals surface area contributed by atoms with Crippen LogP contribution in [0, 0.1) is 11.7 Å². The zero-order valence-electron chi connectivity index (χ0n) is 14.4. The van der Waals surface area contributed by atoms with Gasteiger partial charge in [-0.05, 0) is 24.1 Å². The van der Waals surface area contributed by atoms with Crippen LogP contribution >= 0.6 is 0 Å². The van der Waals surface area contributed by atoms with Gasteiger partial charge in [-0.3, -0.25) is 4.90 Å². The van der Waals surface area contributed by atoms with Crippen molar-refractivity contribution >= 4 is 10.0 Å². The van der Waals surface area contributed by atoms with E-state index in [1.54, 1.807) is 0 Å². The van der Waals surface area contributed by atoms with Crippen molar-refractivity contribution < 1.29 is 17.5 Å². The van der Waals surface area contributed by atoms with Gasteiger partial charge in [0.25, 0.3) is 0 Å². The predicted octanol–water partition coefficient (Wildman–Crippen LogP) is 2.24. The Bertz CT molecular complexity index is 614. The van der Waals surface area contributed by atoms with Crippen molar-refractivity contribution in [3.8, 4) is 0 Å². The van der Waals surface area contributed by atoms with Crippen LogP contribution in [0.1, 0.15) is 26.7 Å². The van der Waals surface area contributed by atoms with Crippen LogP contribution in [0.2, 0.25) is 0 Å². The molecule has 1 saturated heterocycles. The molecule has 1 aliphatic rings. The molecule has 1 heterocycles. The molecule has 0 amide bonds. The molecule has 7 heteroatoms. The first-order valence-electron chi connectivity index (χ1n) is 8.55. The summed E-state index contributed by atoms with van der Waals surface area (Å²) in [6.45, 7) is 7.54. The summed E-state index contributed by atoms with van der Waals surface area (Å²) in [7, 11) is -3.71. The molecule has 1 aromatic rings. The van der Waals surface area contributed by atoms with Crippen LogP contribution in [-0.2, 0) is 14.8 Å². The molecule has 1 aliphatic heterocycles. The second-order valence-electron chi connectivity index (χ2n) is 6.10. The second-order valence-corrected chi connectivity index (χ2v) is 7.87. The maximum absolute atomic E-state index is 13.3. The van der Waals surface area contributed by atoms with Gasteiger partial charge in [-0.1, -0.05) is 32.8 Å². The van der Waals surface area contributed by atoms with Gasteiger partial charge >= 0.3 is 0 Å². The van der Waals surface area contributed by atoms with Crippen molar-refractivity contribution in [2.75, 3.05) is 32.8 Å². The van der Waals surface area contributed by atoms with Crippen LogP contribution in [-0.4, -0.2) is 52.2 Å². The van der Waals surface area contributed by atoms with Crippen molar-refractivity contribution in [3.05, 3.63) is 30.1 Å². The Morgan fingerprint density at radius 1 is 1.25 bits per heavy atom. The van der Waals surface area contributed by atoms with Crippen molar-refractivity contribution in [2.24, 2.45) is 5.92 Å². The Labute approximate surface area is 144 Å². The van der Waals surface area contributed by atoms with E-state index in [2.05, 4.69) is 23.5 Å². The van der Waals surface area contributed by atoms with Gasteiger partial charge in [0, 0.05) is 25.7 Å². The topological polar surface area (TPSA) is 58.6 Å². The highest BCUT2D eigenvalue weighted by molar-refractivity contribution is 7.89. The lowest BCUT2D eigenvalue weighted by Gasteiger charge is -2.38. The maximum atomic E-state index is 13.3. The Kier molecular flexibility index (Phi) is 7.16. The summed E-state index contributed by atoms with van der Waals surface area (Å²) in [6.07, 6.45) is 1.97. The SMILES string of the molecule is CCC(CC)C(CNS(=O)(=O)c1cccc(F)c1)N1CCOCC1. The van der Waals surface area contributed by atoms with E-state index >= 15 is 0 Å². The minimum atomic E-state index is -3.71. The summed E-state index contributed by atoms with van der Waals surface area (Å²) in [6, 6.07) is 5.21. The number of rotatable bonds is 8. The molecule has 0 aliphatic carbocycles. The molecule has 5 nitrogen and oxygen atoms in total. The molecule has 1 unspecified atom stereocenters. The summed E-state index contributed by atoms with van der Waals surface area (Å²) in [5.41, 5.74) is 0. The number of benzene rings is 1. The molecule has 0 aromatic heterocycles. The average molecular weight is 358 g/mol. The summed E-state index contributed by atoms with van der Waals surface area (Å²) in [5, 5.41) is 0. The first-order valence-corrected chi connectivity index (χ1v) is 10.0. The molecule has 1 N–H and O–H groups in total. The highest BCUT2D eigenvalue weighted by Gasteiger charge is 2.28. The lowest BCUT2D eigenvalue weighted by Crippen LogP contribution is -2.52. The molecule has 136 valence electrons. The summed E-state index contributed by atoms with van der Waals surface area (Å²) < 4.78 is 46.3. The number of hydrogen-bond acceptors (Lipinski definition) is 4. The highest BCUT2D eigenvalue weighted by Crippen LogP contribution is 2.20. The fraction of sp³-hybridized carbons (Fsp3) is 0.647. The normalized spacial score (nSPS) is 18.0. The lowest BCUT2D eigenvalue weighted by atomic mass is 9.92. The fourth-order valence-electron chi connectivity index (χ4n) is 3.25. The number of hydrogen-bond donors (Lipinski definition) is 1. The minimum absolute atomic E-state index is 0.0345. The molecule has 1 atom stereocenters. The van der Waals surface area contributed by atoms with Crippen molar-refractivity contribution in [3.63, 3.8) is 0 Å². The largest absolute Gasteiger partial charge is 0.379 e. The molecule has 2 rings (SSSR count). The van der Waals surface area contributed by atoms with E-state index in [9.17, 15) is 12.8 Å². The molecule has 0 saturated carbocycles. The Morgan fingerprint density at radius 3 is 2.50 bits per heavy atom. The average Bonchev–Trinajstić information content (AvgIpc) is 2.59. The number of sulfonamides is 1. The quantitative estimate of drug-likeness (QED) is 0.774. The van der Waals surface area contributed by atoms with Crippen LogP contribution in [0.3, 0.4) is 0 Å².